The lowest BCUT2D eigenvalue weighted by Crippen LogP contribution is -2.50. The monoisotopic (exact) mass is 259 g/mol. The highest BCUT2D eigenvalue weighted by Crippen LogP contribution is 2.06. The van der Waals surface area contributed by atoms with Crippen molar-refractivity contribution in [3.05, 3.63) is 0 Å². The molecule has 17 heavy (non-hydrogen) atoms. The third kappa shape index (κ3) is 5.27. The molecule has 1 heterocycles. The minimum atomic E-state index is 0.269. The van der Waals surface area contributed by atoms with Crippen LogP contribution < -0.4 is 5.32 Å². The Morgan fingerprint density at radius 1 is 1.47 bits per heavy atom. The standard InChI is InChI=1S/C12H25N3OS/c1-11(4-9-17-3)14(2)10-12(16)15-7-5-13-6-8-15/h11,13H,4-10H2,1-3H3. The van der Waals surface area contributed by atoms with Gasteiger partial charge in [-0.15, -0.1) is 0 Å². The first-order valence-corrected chi connectivity index (χ1v) is 7.72. The zero-order valence-corrected chi connectivity index (χ0v) is 12.1. The van der Waals surface area contributed by atoms with Crippen molar-refractivity contribution in [2.24, 2.45) is 0 Å². The molecule has 0 aromatic heterocycles. The van der Waals surface area contributed by atoms with Gasteiger partial charge in [0.25, 0.3) is 0 Å². The van der Waals surface area contributed by atoms with Gasteiger partial charge >= 0.3 is 0 Å². The summed E-state index contributed by atoms with van der Waals surface area (Å²) in [4.78, 5) is 16.2. The predicted molar refractivity (Wildman–Crippen MR) is 74.5 cm³/mol. The zero-order valence-electron chi connectivity index (χ0n) is 11.2. The molecule has 4 nitrogen and oxygen atoms in total. The topological polar surface area (TPSA) is 35.6 Å². The Balaban J connectivity index is 2.28. The fourth-order valence-corrected chi connectivity index (χ4v) is 2.47. The van der Waals surface area contributed by atoms with E-state index in [1.54, 1.807) is 0 Å². The van der Waals surface area contributed by atoms with Gasteiger partial charge in [-0.1, -0.05) is 0 Å². The Morgan fingerprint density at radius 2 is 2.12 bits per heavy atom. The molecule has 1 aliphatic heterocycles. The van der Waals surface area contributed by atoms with Gasteiger partial charge in [-0.3, -0.25) is 9.69 Å². The highest BCUT2D eigenvalue weighted by atomic mass is 32.2. The molecular formula is C12H25N3OS. The molecular weight excluding hydrogens is 234 g/mol. The molecule has 1 saturated heterocycles. The van der Waals surface area contributed by atoms with Crippen molar-refractivity contribution in [3.63, 3.8) is 0 Å². The predicted octanol–water partition coefficient (Wildman–Crippen LogP) is 0.492. The van der Waals surface area contributed by atoms with E-state index in [4.69, 9.17) is 0 Å². The van der Waals surface area contributed by atoms with Gasteiger partial charge in [-0.2, -0.15) is 11.8 Å². The van der Waals surface area contributed by atoms with Crippen LogP contribution in [-0.4, -0.2) is 73.5 Å². The lowest BCUT2D eigenvalue weighted by molar-refractivity contribution is -0.133. The van der Waals surface area contributed by atoms with E-state index in [0.717, 1.165) is 38.4 Å². The summed E-state index contributed by atoms with van der Waals surface area (Å²) in [6.45, 7) is 6.31. The van der Waals surface area contributed by atoms with Crippen LogP contribution in [0.5, 0.6) is 0 Å². The second-order valence-corrected chi connectivity index (χ2v) is 5.66. The molecule has 1 rings (SSSR count). The van der Waals surface area contributed by atoms with Crippen molar-refractivity contribution in [2.75, 3.05) is 51.8 Å². The molecule has 1 fully saturated rings. The molecule has 1 N–H and O–H groups in total. The van der Waals surface area contributed by atoms with Gasteiger partial charge in [0.05, 0.1) is 6.54 Å². The highest BCUT2D eigenvalue weighted by molar-refractivity contribution is 7.98. The van der Waals surface area contributed by atoms with Crippen molar-refractivity contribution < 1.29 is 4.79 Å². The van der Waals surface area contributed by atoms with E-state index >= 15 is 0 Å². The van der Waals surface area contributed by atoms with Gasteiger partial charge in [0.2, 0.25) is 5.91 Å². The van der Waals surface area contributed by atoms with Gasteiger partial charge in [0.15, 0.2) is 0 Å². The third-order valence-electron chi connectivity index (χ3n) is 3.35. The maximum absolute atomic E-state index is 12.0. The van der Waals surface area contributed by atoms with Crippen molar-refractivity contribution in [1.82, 2.24) is 15.1 Å². The van der Waals surface area contributed by atoms with E-state index in [-0.39, 0.29) is 5.91 Å². The van der Waals surface area contributed by atoms with Gasteiger partial charge in [0.1, 0.15) is 0 Å². The summed E-state index contributed by atoms with van der Waals surface area (Å²) in [7, 11) is 2.05. The Morgan fingerprint density at radius 3 is 2.71 bits per heavy atom. The number of hydrogen-bond donors (Lipinski definition) is 1. The lowest BCUT2D eigenvalue weighted by atomic mass is 10.2. The van der Waals surface area contributed by atoms with Crippen LogP contribution in [0.4, 0.5) is 0 Å². The quantitative estimate of drug-likeness (QED) is 0.753. The molecule has 1 unspecified atom stereocenters. The number of carbonyl (C=O) groups excluding carboxylic acids is 1. The van der Waals surface area contributed by atoms with Crippen LogP contribution in [0.1, 0.15) is 13.3 Å². The SMILES string of the molecule is CSCCC(C)N(C)CC(=O)N1CCNCC1. The number of rotatable bonds is 6. The number of hydrogen-bond acceptors (Lipinski definition) is 4. The molecule has 1 atom stereocenters. The Bertz CT molecular complexity index is 232. The number of nitrogens with one attached hydrogen (secondary N) is 1. The maximum atomic E-state index is 12.0. The van der Waals surface area contributed by atoms with Gasteiger partial charge in [0, 0.05) is 32.2 Å². The van der Waals surface area contributed by atoms with Gasteiger partial charge in [-0.05, 0) is 32.4 Å². The number of likely N-dealkylation sites (N-methyl/N-ethyl adjacent to an activating group) is 1. The highest BCUT2D eigenvalue weighted by Gasteiger charge is 2.19. The number of piperazine rings is 1. The van der Waals surface area contributed by atoms with E-state index in [2.05, 4.69) is 23.4 Å². The number of carbonyl (C=O) groups is 1. The first-order valence-electron chi connectivity index (χ1n) is 6.33. The summed E-state index contributed by atoms with van der Waals surface area (Å²) in [6, 6.07) is 0.481. The number of nitrogens with zero attached hydrogens (tertiary/aromatic N) is 2. The van der Waals surface area contributed by atoms with E-state index in [1.807, 2.05) is 23.7 Å². The van der Waals surface area contributed by atoms with Crippen molar-refractivity contribution in [3.8, 4) is 0 Å². The van der Waals surface area contributed by atoms with Crippen LogP contribution in [-0.2, 0) is 4.79 Å². The molecule has 0 aliphatic carbocycles. The molecule has 1 amide bonds. The molecule has 0 radical (unpaired) electrons. The molecule has 0 aromatic carbocycles. The second-order valence-electron chi connectivity index (χ2n) is 4.68. The largest absolute Gasteiger partial charge is 0.339 e. The van der Waals surface area contributed by atoms with Crippen molar-refractivity contribution in [2.45, 2.75) is 19.4 Å². The van der Waals surface area contributed by atoms with Gasteiger partial charge < -0.3 is 10.2 Å². The fraction of sp³-hybridized carbons (Fsp3) is 0.917. The third-order valence-corrected chi connectivity index (χ3v) is 3.99. The molecule has 0 aromatic rings. The van der Waals surface area contributed by atoms with Crippen LogP contribution in [0, 0.1) is 0 Å². The molecule has 0 bridgehead atoms. The van der Waals surface area contributed by atoms with Crippen LogP contribution in [0.3, 0.4) is 0 Å². The Kier molecular flexibility index (Phi) is 6.92. The summed E-state index contributed by atoms with van der Waals surface area (Å²) in [6.07, 6.45) is 3.27. The van der Waals surface area contributed by atoms with Crippen LogP contribution >= 0.6 is 11.8 Å². The average Bonchev–Trinajstić information content (AvgIpc) is 2.36. The smallest absolute Gasteiger partial charge is 0.236 e. The first-order chi connectivity index (χ1) is 8.15. The second kappa shape index (κ2) is 7.95. The van der Waals surface area contributed by atoms with E-state index in [0.29, 0.717) is 12.6 Å². The molecule has 0 spiro atoms. The lowest BCUT2D eigenvalue weighted by Gasteiger charge is -2.31. The van der Waals surface area contributed by atoms with Crippen molar-refractivity contribution in [1.29, 1.82) is 0 Å². The average molecular weight is 259 g/mol. The molecule has 1 aliphatic rings. The Hall–Kier alpha value is -0.260. The fourth-order valence-electron chi connectivity index (χ4n) is 1.89. The van der Waals surface area contributed by atoms with Gasteiger partial charge in [-0.25, -0.2) is 0 Å². The summed E-state index contributed by atoms with van der Waals surface area (Å²) < 4.78 is 0. The zero-order chi connectivity index (χ0) is 12.7. The van der Waals surface area contributed by atoms with Crippen LogP contribution in [0.25, 0.3) is 0 Å². The molecule has 100 valence electrons. The first kappa shape index (κ1) is 14.8. The molecule has 5 heteroatoms. The molecule has 0 saturated carbocycles. The maximum Gasteiger partial charge on any atom is 0.236 e. The minimum absolute atomic E-state index is 0.269. The normalized spacial score (nSPS) is 18.5. The summed E-state index contributed by atoms with van der Waals surface area (Å²) in [5.74, 6) is 1.43. The number of thioether (sulfide) groups is 1. The summed E-state index contributed by atoms with van der Waals surface area (Å²) in [5, 5.41) is 3.26. The number of amides is 1. The van der Waals surface area contributed by atoms with Crippen molar-refractivity contribution >= 4 is 17.7 Å². The van der Waals surface area contributed by atoms with E-state index in [9.17, 15) is 4.79 Å². The van der Waals surface area contributed by atoms with E-state index in [1.165, 1.54) is 0 Å². The Labute approximate surface area is 109 Å². The summed E-state index contributed by atoms with van der Waals surface area (Å²) in [5.41, 5.74) is 0. The van der Waals surface area contributed by atoms with E-state index < -0.39 is 0 Å². The van der Waals surface area contributed by atoms with Crippen LogP contribution in [0.15, 0.2) is 0 Å². The van der Waals surface area contributed by atoms with Crippen LogP contribution in [0.2, 0.25) is 0 Å². The summed E-state index contributed by atoms with van der Waals surface area (Å²) >= 11 is 1.86. The minimum Gasteiger partial charge on any atom is -0.339 e.